The lowest BCUT2D eigenvalue weighted by Crippen LogP contribution is -2.31. The van der Waals surface area contributed by atoms with Crippen LogP contribution in [-0.4, -0.2) is 25.7 Å². The van der Waals surface area contributed by atoms with Crippen LogP contribution in [0.2, 0.25) is 5.02 Å². The van der Waals surface area contributed by atoms with E-state index in [1.807, 2.05) is 13.8 Å². The number of benzene rings is 2. The molecular formula is C25H26ClFN4O4. The number of fused-ring (bicyclic) bond motifs is 1. The number of hydrogen-bond acceptors (Lipinski definition) is 5. The molecule has 0 spiro atoms. The van der Waals surface area contributed by atoms with E-state index in [1.165, 1.54) is 16.7 Å². The minimum atomic E-state index is -0.495. The average molecular weight is 501 g/mol. The summed E-state index contributed by atoms with van der Waals surface area (Å²) in [5.41, 5.74) is 0.579. The lowest BCUT2D eigenvalue weighted by Gasteiger charge is -2.14. The molecule has 0 radical (unpaired) electrons. The largest absolute Gasteiger partial charge is 0.490 e. The Bertz CT molecular complexity index is 1470. The van der Waals surface area contributed by atoms with Crippen LogP contribution in [0.5, 0.6) is 11.5 Å². The van der Waals surface area contributed by atoms with E-state index in [2.05, 4.69) is 9.97 Å². The number of unbranched alkanes of at least 4 members (excludes halogenated alkanes) is 1. The third-order valence-corrected chi connectivity index (χ3v) is 6.04. The van der Waals surface area contributed by atoms with Gasteiger partial charge in [-0.05, 0) is 43.7 Å². The molecule has 4 aromatic rings. The lowest BCUT2D eigenvalue weighted by atomic mass is 10.2. The Morgan fingerprint density at radius 1 is 1.11 bits per heavy atom. The molecule has 0 aliphatic carbocycles. The van der Waals surface area contributed by atoms with Crippen molar-refractivity contribution in [3.63, 3.8) is 0 Å². The van der Waals surface area contributed by atoms with Gasteiger partial charge in [0.25, 0.3) is 5.56 Å². The van der Waals surface area contributed by atoms with Crippen LogP contribution in [0.3, 0.4) is 0 Å². The third kappa shape index (κ3) is 4.81. The first-order chi connectivity index (χ1) is 16.8. The molecule has 0 saturated heterocycles. The molecule has 0 aliphatic heterocycles. The number of rotatable bonds is 9. The quantitative estimate of drug-likeness (QED) is 0.361. The number of imidazole rings is 1. The Balaban J connectivity index is 1.75. The van der Waals surface area contributed by atoms with Gasteiger partial charge in [-0.25, -0.2) is 14.2 Å². The Labute approximate surface area is 205 Å². The Hall–Kier alpha value is -3.59. The molecule has 8 nitrogen and oxygen atoms in total. The van der Waals surface area contributed by atoms with Crippen LogP contribution in [0.4, 0.5) is 4.39 Å². The third-order valence-electron chi connectivity index (χ3n) is 5.68. The highest BCUT2D eigenvalue weighted by Crippen LogP contribution is 2.34. The minimum Gasteiger partial charge on any atom is -0.490 e. The zero-order valence-electron chi connectivity index (χ0n) is 19.7. The Kier molecular flexibility index (Phi) is 7.25. The van der Waals surface area contributed by atoms with Crippen LogP contribution in [0.25, 0.3) is 22.6 Å². The van der Waals surface area contributed by atoms with E-state index in [-0.39, 0.29) is 17.2 Å². The smallest absolute Gasteiger partial charge is 0.330 e. The number of aromatic amines is 1. The molecule has 2 aromatic heterocycles. The summed E-state index contributed by atoms with van der Waals surface area (Å²) < 4.78 is 28.9. The van der Waals surface area contributed by atoms with Gasteiger partial charge in [0, 0.05) is 24.7 Å². The van der Waals surface area contributed by atoms with E-state index in [1.54, 1.807) is 35.9 Å². The molecule has 0 saturated carbocycles. The predicted molar refractivity (Wildman–Crippen MR) is 133 cm³/mol. The zero-order chi connectivity index (χ0) is 25.1. The first-order valence-corrected chi connectivity index (χ1v) is 11.8. The van der Waals surface area contributed by atoms with Gasteiger partial charge in [-0.3, -0.25) is 14.3 Å². The van der Waals surface area contributed by atoms with E-state index in [0.29, 0.717) is 47.2 Å². The van der Waals surface area contributed by atoms with Crippen LogP contribution < -0.4 is 20.7 Å². The maximum Gasteiger partial charge on any atom is 0.330 e. The second-order valence-electron chi connectivity index (χ2n) is 8.01. The highest BCUT2D eigenvalue weighted by atomic mass is 35.5. The van der Waals surface area contributed by atoms with Crippen LogP contribution in [0, 0.1) is 5.82 Å². The molecule has 0 atom stereocenters. The lowest BCUT2D eigenvalue weighted by molar-refractivity contribution is 0.266. The van der Waals surface area contributed by atoms with Crippen LogP contribution in [0.15, 0.2) is 46.0 Å². The molecule has 0 bridgehead atoms. The topological polar surface area (TPSA) is 91.1 Å². The van der Waals surface area contributed by atoms with Crippen LogP contribution >= 0.6 is 11.6 Å². The second-order valence-corrected chi connectivity index (χ2v) is 8.42. The van der Waals surface area contributed by atoms with Gasteiger partial charge in [0.1, 0.15) is 18.2 Å². The first kappa shape index (κ1) is 24.5. The normalized spacial score (nSPS) is 11.2. The average Bonchev–Trinajstić information content (AvgIpc) is 3.17. The summed E-state index contributed by atoms with van der Waals surface area (Å²) >= 11 is 6.11. The molecule has 10 heteroatoms. The number of halogens is 2. The van der Waals surface area contributed by atoms with Gasteiger partial charge < -0.3 is 14.0 Å². The summed E-state index contributed by atoms with van der Waals surface area (Å²) in [7, 11) is 1.72. The molecule has 35 heavy (non-hydrogen) atoms. The van der Waals surface area contributed by atoms with Crippen LogP contribution in [-0.2, 0) is 20.2 Å². The van der Waals surface area contributed by atoms with Crippen molar-refractivity contribution < 1.29 is 13.9 Å². The van der Waals surface area contributed by atoms with Gasteiger partial charge in [0.05, 0.1) is 11.6 Å². The van der Waals surface area contributed by atoms with E-state index in [0.717, 1.165) is 12.8 Å². The van der Waals surface area contributed by atoms with Gasteiger partial charge in [-0.1, -0.05) is 31.0 Å². The molecule has 184 valence electrons. The molecule has 0 fully saturated rings. The number of H-pyrrole nitrogens is 1. The van der Waals surface area contributed by atoms with Crippen molar-refractivity contribution in [2.75, 3.05) is 6.61 Å². The van der Waals surface area contributed by atoms with Gasteiger partial charge in [0.2, 0.25) is 0 Å². The maximum atomic E-state index is 14.1. The fourth-order valence-corrected chi connectivity index (χ4v) is 4.10. The van der Waals surface area contributed by atoms with Crippen molar-refractivity contribution in [1.29, 1.82) is 0 Å². The molecule has 2 heterocycles. The number of hydrogen-bond donors (Lipinski definition) is 1. The van der Waals surface area contributed by atoms with Crippen molar-refractivity contribution in [2.24, 2.45) is 7.05 Å². The first-order valence-electron chi connectivity index (χ1n) is 11.4. The van der Waals surface area contributed by atoms with Crippen molar-refractivity contribution >= 4 is 22.8 Å². The summed E-state index contributed by atoms with van der Waals surface area (Å²) in [6.45, 7) is 4.62. The highest BCUT2D eigenvalue weighted by Gasteiger charge is 2.19. The standard InChI is InChI=1S/C25H26ClFN4O4/c1-4-6-12-31-23-21(24(32)29-25(31)33)30(3)22(28-23)15-10-11-19(20(13-15)34-5-2)35-14-16-17(26)8-7-9-18(16)27/h7-11,13H,4-6,12,14H2,1-3H3,(H,29,32,33). The van der Waals surface area contributed by atoms with Gasteiger partial charge in [-0.15, -0.1) is 0 Å². The summed E-state index contributed by atoms with van der Waals surface area (Å²) in [4.78, 5) is 32.0. The van der Waals surface area contributed by atoms with E-state index in [9.17, 15) is 14.0 Å². The maximum absolute atomic E-state index is 14.1. The molecule has 2 aromatic carbocycles. The molecule has 0 amide bonds. The minimum absolute atomic E-state index is 0.0731. The summed E-state index contributed by atoms with van der Waals surface area (Å²) in [5, 5.41) is 0.277. The van der Waals surface area contributed by atoms with Gasteiger partial charge in [0.15, 0.2) is 22.7 Å². The Morgan fingerprint density at radius 2 is 1.91 bits per heavy atom. The van der Waals surface area contributed by atoms with Gasteiger partial charge >= 0.3 is 5.69 Å². The van der Waals surface area contributed by atoms with Crippen molar-refractivity contribution in [2.45, 2.75) is 39.8 Å². The second kappa shape index (κ2) is 10.4. The fourth-order valence-electron chi connectivity index (χ4n) is 3.88. The van der Waals surface area contributed by atoms with E-state index in [4.69, 9.17) is 21.1 Å². The fraction of sp³-hybridized carbons (Fsp3) is 0.320. The number of ether oxygens (including phenoxy) is 2. The molecule has 0 unspecified atom stereocenters. The van der Waals surface area contributed by atoms with E-state index < -0.39 is 17.1 Å². The van der Waals surface area contributed by atoms with Gasteiger partial charge in [-0.2, -0.15) is 0 Å². The number of nitrogens with zero attached hydrogens (tertiary/aromatic N) is 3. The van der Waals surface area contributed by atoms with Crippen molar-refractivity contribution in [1.82, 2.24) is 19.1 Å². The number of aryl methyl sites for hydroxylation is 2. The SMILES string of the molecule is CCCCn1c(=O)[nH]c(=O)c2c1nc(-c1ccc(OCc3c(F)cccc3Cl)c(OCC)c1)n2C. The number of nitrogens with one attached hydrogen (secondary N) is 1. The predicted octanol–water partition coefficient (Wildman–Crippen LogP) is 4.66. The summed E-state index contributed by atoms with van der Waals surface area (Å²) in [5.74, 6) is 0.880. The van der Waals surface area contributed by atoms with Crippen LogP contribution in [0.1, 0.15) is 32.3 Å². The highest BCUT2D eigenvalue weighted by molar-refractivity contribution is 6.31. The van der Waals surface area contributed by atoms with Crippen molar-refractivity contribution in [3.8, 4) is 22.9 Å². The molecule has 1 N–H and O–H groups in total. The number of aromatic nitrogens is 4. The summed E-state index contributed by atoms with van der Waals surface area (Å²) in [6, 6.07) is 9.67. The molecular weight excluding hydrogens is 475 g/mol. The zero-order valence-corrected chi connectivity index (χ0v) is 20.5. The monoisotopic (exact) mass is 500 g/mol. The Morgan fingerprint density at radius 3 is 2.63 bits per heavy atom. The molecule has 0 aliphatic rings. The van der Waals surface area contributed by atoms with Crippen molar-refractivity contribution in [3.05, 3.63) is 73.6 Å². The summed E-state index contributed by atoms with van der Waals surface area (Å²) in [6.07, 6.45) is 1.67. The molecule has 4 rings (SSSR count). The van der Waals surface area contributed by atoms with E-state index >= 15 is 0 Å².